The predicted molar refractivity (Wildman–Crippen MR) is 58.6 cm³/mol. The lowest BCUT2D eigenvalue weighted by molar-refractivity contribution is 0.152. The van der Waals surface area contributed by atoms with Gasteiger partial charge in [0.05, 0.1) is 7.11 Å². The second-order valence-corrected chi connectivity index (χ2v) is 3.52. The van der Waals surface area contributed by atoms with Crippen molar-refractivity contribution in [1.82, 2.24) is 10.1 Å². The minimum Gasteiger partial charge on any atom is -0.504 e. The van der Waals surface area contributed by atoms with Gasteiger partial charge in [-0.15, -0.1) is 0 Å². The lowest BCUT2D eigenvalue weighted by Gasteiger charge is -2.03. The Labute approximate surface area is 97.5 Å². The van der Waals surface area contributed by atoms with Gasteiger partial charge in [-0.05, 0) is 25.1 Å². The quantitative estimate of drug-likeness (QED) is 0.839. The highest BCUT2D eigenvalue weighted by atomic mass is 16.5. The van der Waals surface area contributed by atoms with E-state index >= 15 is 0 Å². The van der Waals surface area contributed by atoms with Crippen LogP contribution in [0.5, 0.6) is 11.5 Å². The van der Waals surface area contributed by atoms with Crippen molar-refractivity contribution >= 4 is 0 Å². The van der Waals surface area contributed by atoms with Crippen LogP contribution in [-0.4, -0.2) is 27.5 Å². The van der Waals surface area contributed by atoms with Crippen molar-refractivity contribution in [2.24, 2.45) is 0 Å². The van der Waals surface area contributed by atoms with E-state index in [4.69, 9.17) is 9.26 Å². The van der Waals surface area contributed by atoms with Crippen molar-refractivity contribution in [3.05, 3.63) is 24.1 Å². The number of methoxy groups -OCH3 is 1. The zero-order valence-corrected chi connectivity index (χ0v) is 9.41. The van der Waals surface area contributed by atoms with Gasteiger partial charge in [-0.2, -0.15) is 4.98 Å². The topological polar surface area (TPSA) is 88.6 Å². The molecule has 1 aromatic carbocycles. The van der Waals surface area contributed by atoms with Crippen LogP contribution in [0, 0.1) is 0 Å². The largest absolute Gasteiger partial charge is 0.504 e. The van der Waals surface area contributed by atoms with Crippen LogP contribution in [0.4, 0.5) is 0 Å². The number of aliphatic hydroxyl groups is 1. The molecule has 2 N–H and O–H groups in total. The van der Waals surface area contributed by atoms with Gasteiger partial charge in [-0.25, -0.2) is 0 Å². The first-order valence-corrected chi connectivity index (χ1v) is 5.01. The summed E-state index contributed by atoms with van der Waals surface area (Å²) in [7, 11) is 1.45. The number of aromatic hydroxyl groups is 1. The molecule has 0 aliphatic rings. The third kappa shape index (κ3) is 2.21. The predicted octanol–water partition coefficient (Wildman–Crippen LogP) is 1.50. The second kappa shape index (κ2) is 4.42. The molecule has 1 unspecified atom stereocenters. The van der Waals surface area contributed by atoms with Crippen molar-refractivity contribution in [3.8, 4) is 22.9 Å². The highest BCUT2D eigenvalue weighted by molar-refractivity contribution is 5.60. The zero-order chi connectivity index (χ0) is 12.4. The Bertz CT molecular complexity index is 522. The molecule has 0 spiro atoms. The Balaban J connectivity index is 2.38. The normalized spacial score (nSPS) is 12.4. The summed E-state index contributed by atoms with van der Waals surface area (Å²) < 4.78 is 9.85. The fourth-order valence-electron chi connectivity index (χ4n) is 1.34. The van der Waals surface area contributed by atoms with Gasteiger partial charge < -0.3 is 19.5 Å². The van der Waals surface area contributed by atoms with Crippen LogP contribution in [0.1, 0.15) is 18.9 Å². The number of hydrogen-bond donors (Lipinski definition) is 2. The Morgan fingerprint density at radius 1 is 1.41 bits per heavy atom. The van der Waals surface area contributed by atoms with Crippen LogP contribution >= 0.6 is 0 Å². The van der Waals surface area contributed by atoms with Crippen LogP contribution in [0.25, 0.3) is 11.4 Å². The Morgan fingerprint density at radius 3 is 2.76 bits per heavy atom. The molecule has 0 saturated heterocycles. The van der Waals surface area contributed by atoms with E-state index in [9.17, 15) is 10.2 Å². The molecule has 1 heterocycles. The molecule has 17 heavy (non-hydrogen) atoms. The molecule has 2 aromatic rings. The Morgan fingerprint density at radius 2 is 2.18 bits per heavy atom. The fourth-order valence-corrected chi connectivity index (χ4v) is 1.34. The van der Waals surface area contributed by atoms with Crippen molar-refractivity contribution in [1.29, 1.82) is 0 Å². The van der Waals surface area contributed by atoms with Crippen molar-refractivity contribution in [2.45, 2.75) is 13.0 Å². The molecule has 0 amide bonds. The van der Waals surface area contributed by atoms with E-state index in [0.29, 0.717) is 17.1 Å². The first-order chi connectivity index (χ1) is 8.11. The van der Waals surface area contributed by atoms with Gasteiger partial charge in [-0.1, -0.05) is 5.16 Å². The Hall–Kier alpha value is -2.08. The van der Waals surface area contributed by atoms with Crippen molar-refractivity contribution < 1.29 is 19.5 Å². The monoisotopic (exact) mass is 236 g/mol. The summed E-state index contributed by atoms with van der Waals surface area (Å²) in [6, 6.07) is 4.70. The smallest absolute Gasteiger partial charge is 0.255 e. The van der Waals surface area contributed by atoms with E-state index in [2.05, 4.69) is 10.1 Å². The van der Waals surface area contributed by atoms with E-state index in [-0.39, 0.29) is 11.6 Å². The van der Waals surface area contributed by atoms with E-state index in [0.717, 1.165) is 0 Å². The first-order valence-electron chi connectivity index (χ1n) is 5.01. The first kappa shape index (κ1) is 11.4. The fraction of sp³-hybridized carbons (Fsp3) is 0.273. The number of aromatic nitrogens is 2. The summed E-state index contributed by atoms with van der Waals surface area (Å²) in [5.74, 6) is 0.840. The number of aliphatic hydroxyl groups excluding tert-OH is 1. The van der Waals surface area contributed by atoms with Gasteiger partial charge in [0.25, 0.3) is 5.89 Å². The van der Waals surface area contributed by atoms with Crippen LogP contribution < -0.4 is 4.74 Å². The lowest BCUT2D eigenvalue weighted by Crippen LogP contribution is -1.90. The highest BCUT2D eigenvalue weighted by Gasteiger charge is 2.14. The molecule has 0 fully saturated rings. The SMILES string of the molecule is COc1cc(-c2noc(C(C)O)n2)ccc1O. The molecule has 0 aliphatic carbocycles. The average Bonchev–Trinajstić information content (AvgIpc) is 2.79. The van der Waals surface area contributed by atoms with Gasteiger partial charge in [0.15, 0.2) is 11.5 Å². The van der Waals surface area contributed by atoms with E-state index in [1.165, 1.54) is 20.1 Å². The molecule has 0 bridgehead atoms. The van der Waals surface area contributed by atoms with Gasteiger partial charge in [0.2, 0.25) is 5.82 Å². The third-order valence-electron chi connectivity index (χ3n) is 2.24. The lowest BCUT2D eigenvalue weighted by atomic mass is 10.2. The van der Waals surface area contributed by atoms with Gasteiger partial charge in [0, 0.05) is 5.56 Å². The van der Waals surface area contributed by atoms with E-state index in [1.54, 1.807) is 12.1 Å². The minimum absolute atomic E-state index is 0.0375. The van der Waals surface area contributed by atoms with E-state index < -0.39 is 6.10 Å². The molecular weight excluding hydrogens is 224 g/mol. The molecule has 2 rings (SSSR count). The highest BCUT2D eigenvalue weighted by Crippen LogP contribution is 2.30. The van der Waals surface area contributed by atoms with Crippen LogP contribution in [0.15, 0.2) is 22.7 Å². The summed E-state index contributed by atoms with van der Waals surface area (Å²) >= 11 is 0. The van der Waals surface area contributed by atoms with E-state index in [1.807, 2.05) is 0 Å². The number of ether oxygens (including phenoxy) is 1. The average molecular weight is 236 g/mol. The maximum atomic E-state index is 9.45. The molecule has 6 nitrogen and oxygen atoms in total. The molecule has 1 aromatic heterocycles. The summed E-state index contributed by atoms with van der Waals surface area (Å²) in [5, 5.41) is 22.4. The van der Waals surface area contributed by atoms with Crippen molar-refractivity contribution in [3.63, 3.8) is 0 Å². The summed E-state index contributed by atoms with van der Waals surface area (Å²) in [6.45, 7) is 1.54. The molecule has 0 radical (unpaired) electrons. The standard InChI is InChI=1S/C11H12N2O4/c1-6(14)11-12-10(13-17-11)7-3-4-8(15)9(5-7)16-2/h3-6,14-15H,1-2H3. The number of nitrogens with zero attached hydrogens (tertiary/aromatic N) is 2. The maximum Gasteiger partial charge on any atom is 0.255 e. The molecule has 1 atom stereocenters. The number of benzene rings is 1. The van der Waals surface area contributed by atoms with Gasteiger partial charge in [-0.3, -0.25) is 0 Å². The number of phenols is 1. The molecule has 6 heteroatoms. The number of phenolic OH excluding ortho intramolecular Hbond substituents is 1. The second-order valence-electron chi connectivity index (χ2n) is 3.52. The number of rotatable bonds is 3. The van der Waals surface area contributed by atoms with Crippen LogP contribution in [-0.2, 0) is 0 Å². The van der Waals surface area contributed by atoms with Gasteiger partial charge in [0.1, 0.15) is 6.10 Å². The van der Waals surface area contributed by atoms with Crippen molar-refractivity contribution in [2.75, 3.05) is 7.11 Å². The number of hydrogen-bond acceptors (Lipinski definition) is 6. The maximum absolute atomic E-state index is 9.45. The molecule has 0 saturated carbocycles. The van der Waals surface area contributed by atoms with Gasteiger partial charge >= 0.3 is 0 Å². The summed E-state index contributed by atoms with van der Waals surface area (Å²) in [5.41, 5.74) is 0.635. The summed E-state index contributed by atoms with van der Waals surface area (Å²) in [4.78, 5) is 4.02. The Kier molecular flexibility index (Phi) is 2.97. The molecule has 90 valence electrons. The zero-order valence-electron chi connectivity index (χ0n) is 9.41. The van der Waals surface area contributed by atoms with Crippen LogP contribution in [0.2, 0.25) is 0 Å². The summed E-state index contributed by atoms with van der Waals surface area (Å²) in [6.07, 6.45) is -0.810. The molecular formula is C11H12N2O4. The molecule has 0 aliphatic heterocycles. The third-order valence-corrected chi connectivity index (χ3v) is 2.24. The van der Waals surface area contributed by atoms with Crippen LogP contribution in [0.3, 0.4) is 0 Å². The minimum atomic E-state index is -0.810.